The summed E-state index contributed by atoms with van der Waals surface area (Å²) in [6.07, 6.45) is 1.66. The Morgan fingerprint density at radius 2 is 2.17 bits per heavy atom. The highest BCUT2D eigenvalue weighted by atomic mass is 16.5. The Morgan fingerprint density at radius 1 is 1.39 bits per heavy atom. The molecule has 1 unspecified atom stereocenters. The largest absolute Gasteiger partial charge is 0.468 e. The maximum atomic E-state index is 5.27. The first-order chi connectivity index (χ1) is 8.47. The molecule has 0 aliphatic heterocycles. The molecule has 1 N–H and O–H groups in total. The maximum Gasteiger partial charge on any atom is 0.243 e. The minimum Gasteiger partial charge on any atom is -0.468 e. The molecule has 0 saturated carbocycles. The van der Waals surface area contributed by atoms with Gasteiger partial charge in [-0.3, -0.25) is 5.32 Å². The molecule has 0 bridgehead atoms. The quantitative estimate of drug-likeness (QED) is 0.902. The highest BCUT2D eigenvalue weighted by molar-refractivity contribution is 5.02. The molecule has 2 heterocycles. The van der Waals surface area contributed by atoms with Crippen LogP contribution in [-0.4, -0.2) is 10.1 Å². The molecule has 2 aromatic rings. The molecular weight excluding hydrogens is 230 g/mol. The van der Waals surface area contributed by atoms with E-state index in [2.05, 4.69) is 36.2 Å². The van der Waals surface area contributed by atoms with E-state index in [1.165, 1.54) is 0 Å². The van der Waals surface area contributed by atoms with E-state index in [0.29, 0.717) is 12.4 Å². The van der Waals surface area contributed by atoms with Gasteiger partial charge in [-0.05, 0) is 19.1 Å². The van der Waals surface area contributed by atoms with Gasteiger partial charge in [-0.1, -0.05) is 25.9 Å². The van der Waals surface area contributed by atoms with Crippen molar-refractivity contribution in [1.82, 2.24) is 15.5 Å². The third-order valence-electron chi connectivity index (χ3n) is 2.65. The lowest BCUT2D eigenvalue weighted by atomic mass is 9.96. The lowest BCUT2D eigenvalue weighted by Crippen LogP contribution is -2.19. The second-order valence-corrected chi connectivity index (χ2v) is 5.39. The average molecular weight is 249 g/mol. The average Bonchev–Trinajstić information content (AvgIpc) is 2.96. The molecule has 0 fully saturated rings. The number of hydrogen-bond donors (Lipinski definition) is 1. The van der Waals surface area contributed by atoms with Gasteiger partial charge in [0.15, 0.2) is 5.82 Å². The maximum absolute atomic E-state index is 5.27. The van der Waals surface area contributed by atoms with Crippen LogP contribution < -0.4 is 5.32 Å². The van der Waals surface area contributed by atoms with E-state index in [9.17, 15) is 0 Å². The van der Waals surface area contributed by atoms with Crippen LogP contribution in [-0.2, 0) is 12.0 Å². The van der Waals surface area contributed by atoms with Gasteiger partial charge in [-0.15, -0.1) is 0 Å². The predicted molar refractivity (Wildman–Crippen MR) is 67.0 cm³/mol. The number of nitrogens with one attached hydrogen (secondary N) is 1. The van der Waals surface area contributed by atoms with E-state index in [1.807, 2.05) is 19.1 Å². The van der Waals surface area contributed by atoms with E-state index in [-0.39, 0.29) is 11.5 Å². The molecule has 0 amide bonds. The van der Waals surface area contributed by atoms with Crippen molar-refractivity contribution < 1.29 is 8.94 Å². The van der Waals surface area contributed by atoms with E-state index in [0.717, 1.165) is 11.6 Å². The van der Waals surface area contributed by atoms with Crippen LogP contribution in [0.2, 0.25) is 0 Å². The predicted octanol–water partition coefficient (Wildman–Crippen LogP) is 2.81. The van der Waals surface area contributed by atoms with E-state index in [1.54, 1.807) is 6.26 Å². The van der Waals surface area contributed by atoms with Crippen molar-refractivity contribution in [2.24, 2.45) is 0 Å². The van der Waals surface area contributed by atoms with Gasteiger partial charge in [0.2, 0.25) is 5.89 Å². The summed E-state index contributed by atoms with van der Waals surface area (Å²) in [5.41, 5.74) is -0.0948. The molecule has 0 radical (unpaired) electrons. The highest BCUT2D eigenvalue weighted by Crippen LogP contribution is 2.20. The van der Waals surface area contributed by atoms with E-state index >= 15 is 0 Å². The summed E-state index contributed by atoms with van der Waals surface area (Å²) in [7, 11) is 0. The van der Waals surface area contributed by atoms with Crippen LogP contribution in [0.1, 0.15) is 51.2 Å². The molecule has 5 heteroatoms. The third kappa shape index (κ3) is 2.98. The minimum atomic E-state index is -0.0948. The monoisotopic (exact) mass is 249 g/mol. The summed E-state index contributed by atoms with van der Waals surface area (Å²) >= 11 is 0. The van der Waals surface area contributed by atoms with Gasteiger partial charge in [0.05, 0.1) is 18.8 Å². The van der Waals surface area contributed by atoms with Gasteiger partial charge in [0.1, 0.15) is 5.76 Å². The van der Waals surface area contributed by atoms with Gasteiger partial charge in [-0.2, -0.15) is 4.98 Å². The van der Waals surface area contributed by atoms with Gasteiger partial charge in [0.25, 0.3) is 0 Å². The van der Waals surface area contributed by atoms with Crippen LogP contribution in [0.5, 0.6) is 0 Å². The Morgan fingerprint density at radius 3 is 2.72 bits per heavy atom. The molecule has 2 rings (SSSR count). The normalized spacial score (nSPS) is 13.8. The highest BCUT2D eigenvalue weighted by Gasteiger charge is 2.22. The fourth-order valence-electron chi connectivity index (χ4n) is 1.47. The van der Waals surface area contributed by atoms with E-state index < -0.39 is 0 Å². The van der Waals surface area contributed by atoms with Crippen molar-refractivity contribution in [3.63, 3.8) is 0 Å². The number of nitrogens with zero attached hydrogens (tertiary/aromatic N) is 2. The van der Waals surface area contributed by atoms with Gasteiger partial charge in [0, 0.05) is 5.41 Å². The first kappa shape index (κ1) is 12.8. The Balaban J connectivity index is 1.96. The molecular formula is C13H19N3O2. The van der Waals surface area contributed by atoms with Crippen molar-refractivity contribution in [2.75, 3.05) is 0 Å². The van der Waals surface area contributed by atoms with Crippen LogP contribution in [0.25, 0.3) is 0 Å². The molecule has 0 spiro atoms. The summed E-state index contributed by atoms with van der Waals surface area (Å²) < 4.78 is 10.5. The zero-order chi connectivity index (χ0) is 13.2. The van der Waals surface area contributed by atoms with Gasteiger partial charge in [-0.25, -0.2) is 0 Å². The fraction of sp³-hybridized carbons (Fsp3) is 0.538. The topological polar surface area (TPSA) is 64.1 Å². The summed E-state index contributed by atoms with van der Waals surface area (Å²) in [6.45, 7) is 8.80. The Hall–Kier alpha value is -1.62. The van der Waals surface area contributed by atoms with Crippen LogP contribution in [0.15, 0.2) is 27.3 Å². The lowest BCUT2D eigenvalue weighted by molar-refractivity contribution is 0.326. The SMILES string of the molecule is CC(NCc1ccco1)c1nc(C(C)(C)C)no1. The molecule has 0 aliphatic carbocycles. The van der Waals surface area contributed by atoms with Crippen molar-refractivity contribution in [1.29, 1.82) is 0 Å². The first-order valence-corrected chi connectivity index (χ1v) is 6.06. The smallest absolute Gasteiger partial charge is 0.243 e. The van der Waals surface area contributed by atoms with Crippen molar-refractivity contribution in [2.45, 2.75) is 45.7 Å². The standard InChI is InChI=1S/C13H19N3O2/c1-9(14-8-10-6-5-7-17-10)11-15-12(16-18-11)13(2,3)4/h5-7,9,14H,8H2,1-4H3. The van der Waals surface area contributed by atoms with Gasteiger partial charge < -0.3 is 8.94 Å². The fourth-order valence-corrected chi connectivity index (χ4v) is 1.47. The molecule has 0 aromatic carbocycles. The van der Waals surface area contributed by atoms with Crippen LogP contribution in [0, 0.1) is 0 Å². The minimum absolute atomic E-state index is 0.00120. The van der Waals surface area contributed by atoms with Crippen molar-refractivity contribution in [3.8, 4) is 0 Å². The lowest BCUT2D eigenvalue weighted by Gasteiger charge is -2.11. The zero-order valence-corrected chi connectivity index (χ0v) is 11.2. The van der Waals surface area contributed by atoms with Crippen LogP contribution in [0.4, 0.5) is 0 Å². The van der Waals surface area contributed by atoms with E-state index in [4.69, 9.17) is 8.94 Å². The molecule has 0 saturated heterocycles. The van der Waals surface area contributed by atoms with Crippen LogP contribution in [0.3, 0.4) is 0 Å². The second kappa shape index (κ2) is 4.94. The number of rotatable bonds is 4. The first-order valence-electron chi connectivity index (χ1n) is 6.06. The Kier molecular flexibility index (Phi) is 3.52. The second-order valence-electron chi connectivity index (χ2n) is 5.39. The van der Waals surface area contributed by atoms with Crippen LogP contribution >= 0.6 is 0 Å². The number of aromatic nitrogens is 2. The summed E-state index contributed by atoms with van der Waals surface area (Å²) in [4.78, 5) is 4.41. The molecule has 0 aliphatic rings. The Labute approximate surface area is 107 Å². The molecule has 5 nitrogen and oxygen atoms in total. The molecule has 98 valence electrons. The number of furan rings is 1. The molecule has 18 heavy (non-hydrogen) atoms. The third-order valence-corrected chi connectivity index (χ3v) is 2.65. The molecule has 1 atom stereocenters. The Bertz CT molecular complexity index is 483. The summed E-state index contributed by atoms with van der Waals surface area (Å²) in [5, 5.41) is 7.28. The zero-order valence-electron chi connectivity index (χ0n) is 11.2. The van der Waals surface area contributed by atoms with Crippen molar-refractivity contribution in [3.05, 3.63) is 35.9 Å². The molecule has 2 aromatic heterocycles. The van der Waals surface area contributed by atoms with Crippen molar-refractivity contribution >= 4 is 0 Å². The summed E-state index contributed by atoms with van der Waals surface area (Å²) in [5.74, 6) is 2.22. The van der Waals surface area contributed by atoms with Gasteiger partial charge >= 0.3 is 0 Å². The summed E-state index contributed by atoms with van der Waals surface area (Å²) in [6, 6.07) is 3.79. The number of hydrogen-bond acceptors (Lipinski definition) is 5.